The smallest absolute Gasteiger partial charge is 0.173 e. The molecule has 4 rings (SSSR count). The minimum absolute atomic E-state index is 0.155. The van der Waals surface area contributed by atoms with Crippen LogP contribution in [0.4, 0.5) is 0 Å². The Morgan fingerprint density at radius 3 is 2.55 bits per heavy atom. The summed E-state index contributed by atoms with van der Waals surface area (Å²) in [7, 11) is -0.916. The van der Waals surface area contributed by atoms with Crippen LogP contribution in [0.5, 0.6) is 0 Å². The van der Waals surface area contributed by atoms with Crippen LogP contribution in [0.1, 0.15) is 75.5 Å². The minimum atomic E-state index is -0.916. The van der Waals surface area contributed by atoms with Crippen LogP contribution in [-0.2, 0) is 10.8 Å². The fraction of sp³-hybridized carbons (Fsp3) is 0.542. The molecule has 7 heteroatoms. The van der Waals surface area contributed by atoms with Crippen LogP contribution >= 0.6 is 0 Å². The van der Waals surface area contributed by atoms with Gasteiger partial charge in [0.05, 0.1) is 12.1 Å². The van der Waals surface area contributed by atoms with Crippen molar-refractivity contribution in [3.63, 3.8) is 0 Å². The molecule has 166 valence electrons. The third-order valence-corrected chi connectivity index (χ3v) is 8.19. The predicted molar refractivity (Wildman–Crippen MR) is 127 cm³/mol. The molecule has 1 aliphatic rings. The van der Waals surface area contributed by atoms with E-state index in [9.17, 15) is 4.21 Å². The number of aryl methyl sites for hydroxylation is 1. The first-order valence-electron chi connectivity index (χ1n) is 11.2. The summed E-state index contributed by atoms with van der Waals surface area (Å²) in [5, 5.41) is 19.0. The zero-order valence-corrected chi connectivity index (χ0v) is 19.8. The molecule has 0 saturated heterocycles. The molecule has 1 saturated carbocycles. The van der Waals surface area contributed by atoms with Gasteiger partial charge in [-0.25, -0.2) is 4.68 Å². The zero-order valence-electron chi connectivity index (χ0n) is 19.0. The molecule has 2 aromatic carbocycles. The number of nitrogens with one attached hydrogen (secondary N) is 1. The molecular weight excluding hydrogens is 406 g/mol. The van der Waals surface area contributed by atoms with Crippen molar-refractivity contribution in [1.82, 2.24) is 25.5 Å². The molecule has 1 aliphatic carbocycles. The van der Waals surface area contributed by atoms with Gasteiger partial charge in [0.15, 0.2) is 5.82 Å². The lowest BCUT2D eigenvalue weighted by molar-refractivity contribution is 0.420. The van der Waals surface area contributed by atoms with E-state index in [-0.39, 0.29) is 10.8 Å². The number of nitrogens with zero attached hydrogens (tertiary/aromatic N) is 4. The Hall–Kier alpha value is -2.12. The van der Waals surface area contributed by atoms with Crippen molar-refractivity contribution in [2.24, 2.45) is 0 Å². The Balaban J connectivity index is 1.72. The van der Waals surface area contributed by atoms with Gasteiger partial charge in [-0.05, 0) is 72.9 Å². The summed E-state index contributed by atoms with van der Waals surface area (Å²) in [6.07, 6.45) is 4.68. The number of hydrogen-bond acceptors (Lipinski definition) is 5. The average Bonchev–Trinajstić information content (AvgIpc) is 3.43. The van der Waals surface area contributed by atoms with Gasteiger partial charge in [-0.3, -0.25) is 4.21 Å². The van der Waals surface area contributed by atoms with E-state index >= 15 is 0 Å². The van der Waals surface area contributed by atoms with Gasteiger partial charge in [-0.15, -0.1) is 5.10 Å². The molecule has 1 aromatic heterocycles. The number of fused-ring (bicyclic) bond motifs is 1. The summed E-state index contributed by atoms with van der Waals surface area (Å²) in [5.74, 6) is 1.44. The highest BCUT2D eigenvalue weighted by atomic mass is 32.2. The van der Waals surface area contributed by atoms with Crippen molar-refractivity contribution in [3.05, 3.63) is 53.3 Å². The number of hydrogen-bond donors (Lipinski definition) is 1. The van der Waals surface area contributed by atoms with Gasteiger partial charge < -0.3 is 5.32 Å². The van der Waals surface area contributed by atoms with E-state index in [1.807, 2.05) is 25.5 Å². The average molecular weight is 440 g/mol. The Labute approximate surface area is 187 Å². The minimum Gasteiger partial charge on any atom is -0.303 e. The van der Waals surface area contributed by atoms with E-state index in [1.54, 1.807) is 0 Å². The van der Waals surface area contributed by atoms with Gasteiger partial charge in [0.25, 0.3) is 0 Å². The molecular formula is C24H33N5OS. The first kappa shape index (κ1) is 22.1. The number of rotatable bonds is 7. The molecule has 1 N–H and O–H groups in total. The van der Waals surface area contributed by atoms with Gasteiger partial charge in [-0.1, -0.05) is 49.2 Å². The second-order valence-corrected chi connectivity index (χ2v) is 11.8. The highest BCUT2D eigenvalue weighted by Crippen LogP contribution is 2.34. The highest BCUT2D eigenvalue weighted by Gasteiger charge is 2.28. The number of benzene rings is 2. The van der Waals surface area contributed by atoms with E-state index in [2.05, 4.69) is 64.2 Å². The lowest BCUT2D eigenvalue weighted by Gasteiger charge is -2.24. The largest absolute Gasteiger partial charge is 0.303 e. The van der Waals surface area contributed by atoms with Crippen molar-refractivity contribution in [1.29, 1.82) is 0 Å². The van der Waals surface area contributed by atoms with Gasteiger partial charge >= 0.3 is 0 Å². The van der Waals surface area contributed by atoms with Crippen LogP contribution in [0.2, 0.25) is 0 Å². The third-order valence-electron chi connectivity index (χ3n) is 6.25. The lowest BCUT2D eigenvalue weighted by atomic mass is 9.95. The summed E-state index contributed by atoms with van der Waals surface area (Å²) >= 11 is 0. The van der Waals surface area contributed by atoms with Crippen LogP contribution < -0.4 is 5.32 Å². The monoisotopic (exact) mass is 439 g/mol. The molecule has 3 aromatic rings. The normalized spacial score (nSPS) is 17.3. The topological polar surface area (TPSA) is 72.7 Å². The second-order valence-electron chi connectivity index (χ2n) is 9.49. The summed E-state index contributed by atoms with van der Waals surface area (Å²) in [4.78, 5) is 0. The number of aromatic nitrogens is 4. The molecule has 1 heterocycles. The summed E-state index contributed by atoms with van der Waals surface area (Å²) in [6.45, 7) is 8.84. The summed E-state index contributed by atoms with van der Waals surface area (Å²) in [5.41, 5.74) is 2.42. The van der Waals surface area contributed by atoms with E-state index in [4.69, 9.17) is 0 Å². The van der Waals surface area contributed by atoms with Crippen LogP contribution in [0.3, 0.4) is 0 Å². The molecule has 0 amide bonds. The predicted octanol–water partition coefficient (Wildman–Crippen LogP) is 4.48. The van der Waals surface area contributed by atoms with Crippen molar-refractivity contribution in [3.8, 4) is 0 Å². The first-order chi connectivity index (χ1) is 14.9. The standard InChI is InChI=1S/C24H33N5OS/c1-17-13-14-21(20-12-8-7-11-19(17)20)22(25-15-16-31(30)24(2,3)4)23-26-27-28-29(23)18-9-5-6-10-18/h7-8,11-14,18,22,25H,5-6,9-10,15-16H2,1-4H3. The maximum absolute atomic E-state index is 12.6. The fourth-order valence-corrected chi connectivity index (χ4v) is 5.38. The van der Waals surface area contributed by atoms with Gasteiger partial charge in [-0.2, -0.15) is 0 Å². The Kier molecular flexibility index (Phi) is 6.53. The Morgan fingerprint density at radius 1 is 1.13 bits per heavy atom. The number of tetrazole rings is 1. The molecule has 2 unspecified atom stereocenters. The van der Waals surface area contributed by atoms with Gasteiger partial charge in [0.2, 0.25) is 0 Å². The molecule has 1 fully saturated rings. The van der Waals surface area contributed by atoms with Gasteiger partial charge in [0, 0.05) is 27.8 Å². The van der Waals surface area contributed by atoms with Crippen molar-refractivity contribution in [2.75, 3.05) is 12.3 Å². The highest BCUT2D eigenvalue weighted by molar-refractivity contribution is 7.86. The van der Waals surface area contributed by atoms with Crippen molar-refractivity contribution >= 4 is 21.6 Å². The van der Waals surface area contributed by atoms with E-state index in [1.165, 1.54) is 29.2 Å². The molecule has 2 atom stereocenters. The molecule has 0 aliphatic heterocycles. The van der Waals surface area contributed by atoms with E-state index in [0.717, 1.165) is 24.2 Å². The molecule has 6 nitrogen and oxygen atoms in total. The van der Waals surface area contributed by atoms with Crippen LogP contribution in [0.25, 0.3) is 10.8 Å². The van der Waals surface area contributed by atoms with Crippen LogP contribution in [0, 0.1) is 6.92 Å². The SMILES string of the molecule is Cc1ccc(C(NCCS(=O)C(C)(C)C)c2nnnn2C2CCCC2)c2ccccc12. The molecule has 0 bridgehead atoms. The molecule has 0 radical (unpaired) electrons. The van der Waals surface area contributed by atoms with Crippen molar-refractivity contribution in [2.45, 2.75) is 70.2 Å². The quantitative estimate of drug-likeness (QED) is 0.588. The molecule has 31 heavy (non-hydrogen) atoms. The van der Waals surface area contributed by atoms with Crippen LogP contribution in [0.15, 0.2) is 36.4 Å². The summed E-state index contributed by atoms with van der Waals surface area (Å²) in [6, 6.07) is 13.1. The zero-order chi connectivity index (χ0) is 22.0. The Morgan fingerprint density at radius 2 is 1.84 bits per heavy atom. The van der Waals surface area contributed by atoms with Crippen molar-refractivity contribution < 1.29 is 4.21 Å². The van der Waals surface area contributed by atoms with E-state index in [0.29, 0.717) is 18.3 Å². The third kappa shape index (κ3) is 4.72. The van der Waals surface area contributed by atoms with E-state index < -0.39 is 10.8 Å². The first-order valence-corrected chi connectivity index (χ1v) is 12.6. The second kappa shape index (κ2) is 9.17. The Bertz CT molecular complexity index is 1070. The maximum Gasteiger partial charge on any atom is 0.173 e. The summed E-state index contributed by atoms with van der Waals surface area (Å²) < 4.78 is 14.4. The lowest BCUT2D eigenvalue weighted by Crippen LogP contribution is -2.33. The van der Waals surface area contributed by atoms with Gasteiger partial charge in [0.1, 0.15) is 0 Å². The maximum atomic E-state index is 12.6. The van der Waals surface area contributed by atoms with Crippen LogP contribution in [-0.4, -0.2) is 41.5 Å². The fourth-order valence-electron chi connectivity index (χ4n) is 4.47. The molecule has 0 spiro atoms.